The van der Waals surface area contributed by atoms with Gasteiger partial charge in [-0.25, -0.2) is 0 Å². The van der Waals surface area contributed by atoms with Gasteiger partial charge in [-0.05, 0) is 31.5 Å². The molecule has 2 fully saturated rings. The van der Waals surface area contributed by atoms with E-state index in [1.54, 1.807) is 12.1 Å². The quantitative estimate of drug-likeness (QED) is 0.852. The fourth-order valence-electron chi connectivity index (χ4n) is 3.23. The largest absolute Gasteiger partial charge is 0.376 e. The Morgan fingerprint density at radius 1 is 1.32 bits per heavy atom. The summed E-state index contributed by atoms with van der Waals surface area (Å²) in [5, 5.41) is 2.88. The maximum absolute atomic E-state index is 12.6. The number of hydrogen-bond acceptors (Lipinski definition) is 5. The van der Waals surface area contributed by atoms with Crippen LogP contribution in [-0.2, 0) is 4.74 Å². The van der Waals surface area contributed by atoms with E-state index in [1.165, 1.54) is 6.20 Å². The Bertz CT molecular complexity index is 608. The van der Waals surface area contributed by atoms with Gasteiger partial charge in [-0.15, -0.1) is 0 Å². The lowest BCUT2D eigenvalue weighted by molar-refractivity contribution is 0.0637. The first-order valence-electron chi connectivity index (χ1n) is 9.05. The van der Waals surface area contributed by atoms with Crippen LogP contribution in [0.2, 0.25) is 0 Å². The van der Waals surface area contributed by atoms with Gasteiger partial charge >= 0.3 is 0 Å². The second-order valence-electron chi connectivity index (χ2n) is 6.50. The van der Waals surface area contributed by atoms with Crippen molar-refractivity contribution in [3.63, 3.8) is 0 Å². The lowest BCUT2D eigenvalue weighted by atomic mass is 10.2. The highest BCUT2D eigenvalue weighted by Crippen LogP contribution is 2.12. The fraction of sp³-hybridized carbons (Fsp3) is 0.611. The van der Waals surface area contributed by atoms with Crippen LogP contribution in [0.25, 0.3) is 0 Å². The zero-order chi connectivity index (χ0) is 17.6. The molecule has 3 heterocycles. The Hall–Kier alpha value is -1.99. The van der Waals surface area contributed by atoms with E-state index in [9.17, 15) is 9.59 Å². The van der Waals surface area contributed by atoms with Crippen LogP contribution in [0.5, 0.6) is 0 Å². The average Bonchev–Trinajstić information content (AvgIpc) is 3.19. The van der Waals surface area contributed by atoms with Crippen LogP contribution in [0.4, 0.5) is 0 Å². The lowest BCUT2D eigenvalue weighted by Gasteiger charge is -2.33. The van der Waals surface area contributed by atoms with Crippen molar-refractivity contribution in [1.82, 2.24) is 20.1 Å². The molecule has 0 radical (unpaired) electrons. The smallest absolute Gasteiger partial charge is 0.272 e. The third-order valence-electron chi connectivity index (χ3n) is 4.86. The number of hydrogen-bond donors (Lipinski definition) is 1. The average molecular weight is 346 g/mol. The van der Waals surface area contributed by atoms with E-state index in [2.05, 4.69) is 22.1 Å². The second-order valence-corrected chi connectivity index (χ2v) is 6.50. The molecule has 1 N–H and O–H groups in total. The summed E-state index contributed by atoms with van der Waals surface area (Å²) in [6, 6.07) is 3.22. The van der Waals surface area contributed by atoms with Crippen LogP contribution < -0.4 is 5.32 Å². The minimum Gasteiger partial charge on any atom is -0.376 e. The van der Waals surface area contributed by atoms with Gasteiger partial charge in [0.25, 0.3) is 11.8 Å². The van der Waals surface area contributed by atoms with Gasteiger partial charge in [-0.2, -0.15) is 0 Å². The third kappa shape index (κ3) is 4.55. The summed E-state index contributed by atoms with van der Waals surface area (Å²) >= 11 is 0. The van der Waals surface area contributed by atoms with Crippen LogP contribution in [0, 0.1) is 0 Å². The van der Waals surface area contributed by atoms with Gasteiger partial charge in [-0.3, -0.25) is 14.6 Å². The zero-order valence-electron chi connectivity index (χ0n) is 14.7. The molecule has 25 heavy (non-hydrogen) atoms. The van der Waals surface area contributed by atoms with E-state index < -0.39 is 0 Å². The highest BCUT2D eigenvalue weighted by Gasteiger charge is 2.23. The van der Waals surface area contributed by atoms with Gasteiger partial charge < -0.3 is 19.9 Å². The summed E-state index contributed by atoms with van der Waals surface area (Å²) in [7, 11) is 0. The molecule has 7 heteroatoms. The normalized spacial score (nSPS) is 21.3. The number of piperazine rings is 1. The second kappa shape index (κ2) is 8.40. The monoisotopic (exact) mass is 346 g/mol. The number of ether oxygens (including phenoxy) is 1. The molecule has 2 aliphatic rings. The van der Waals surface area contributed by atoms with Crippen LogP contribution in [0.1, 0.15) is 40.6 Å². The first-order valence-corrected chi connectivity index (χ1v) is 9.05. The SMILES string of the molecule is CCN1CCN(C(=O)c2cc(C(=O)NCC3CCCO3)ccn2)CC1. The molecule has 3 rings (SSSR count). The predicted molar refractivity (Wildman–Crippen MR) is 93.6 cm³/mol. The van der Waals surface area contributed by atoms with E-state index in [4.69, 9.17) is 4.74 Å². The van der Waals surface area contributed by atoms with E-state index in [0.717, 1.165) is 39.1 Å². The molecule has 0 aromatic carbocycles. The molecule has 0 bridgehead atoms. The number of carbonyl (C=O) groups is 2. The van der Waals surface area contributed by atoms with E-state index in [1.807, 2.05) is 4.90 Å². The Balaban J connectivity index is 1.58. The molecule has 1 aromatic heterocycles. The maximum Gasteiger partial charge on any atom is 0.272 e. The Morgan fingerprint density at radius 3 is 2.80 bits per heavy atom. The lowest BCUT2D eigenvalue weighted by Crippen LogP contribution is -2.48. The van der Waals surface area contributed by atoms with Gasteiger partial charge in [0.15, 0.2) is 0 Å². The molecular weight excluding hydrogens is 320 g/mol. The molecule has 1 aromatic rings. The number of pyridine rings is 1. The highest BCUT2D eigenvalue weighted by molar-refractivity contribution is 5.98. The molecule has 2 amide bonds. The van der Waals surface area contributed by atoms with Crippen LogP contribution >= 0.6 is 0 Å². The number of amides is 2. The van der Waals surface area contributed by atoms with E-state index >= 15 is 0 Å². The van der Waals surface area contributed by atoms with Crippen molar-refractivity contribution >= 4 is 11.8 Å². The fourth-order valence-corrected chi connectivity index (χ4v) is 3.23. The molecule has 0 saturated carbocycles. The van der Waals surface area contributed by atoms with Gasteiger partial charge in [0, 0.05) is 51.1 Å². The van der Waals surface area contributed by atoms with Crippen molar-refractivity contribution in [2.24, 2.45) is 0 Å². The van der Waals surface area contributed by atoms with Crippen molar-refractivity contribution < 1.29 is 14.3 Å². The first-order chi connectivity index (χ1) is 12.2. The Kier molecular flexibility index (Phi) is 5.99. The maximum atomic E-state index is 12.6. The molecule has 1 atom stereocenters. The molecule has 0 spiro atoms. The van der Waals surface area contributed by atoms with Crippen molar-refractivity contribution in [1.29, 1.82) is 0 Å². The zero-order valence-corrected chi connectivity index (χ0v) is 14.7. The summed E-state index contributed by atoms with van der Waals surface area (Å²) in [5.41, 5.74) is 0.790. The molecule has 1 unspecified atom stereocenters. The third-order valence-corrected chi connectivity index (χ3v) is 4.86. The van der Waals surface area contributed by atoms with Gasteiger partial charge in [0.05, 0.1) is 6.10 Å². The summed E-state index contributed by atoms with van der Waals surface area (Å²) in [5.74, 6) is -0.299. The molecule has 7 nitrogen and oxygen atoms in total. The Morgan fingerprint density at radius 2 is 2.12 bits per heavy atom. The summed E-state index contributed by atoms with van der Waals surface area (Å²) in [6.07, 6.45) is 3.64. The van der Waals surface area contributed by atoms with Gasteiger partial charge in [0.2, 0.25) is 0 Å². The topological polar surface area (TPSA) is 74.8 Å². The minimum absolute atomic E-state index is 0.0988. The standard InChI is InChI=1S/C18H26N4O3/c1-2-21-7-9-22(10-8-21)18(24)16-12-14(5-6-19-16)17(23)20-13-15-4-3-11-25-15/h5-6,12,15H,2-4,7-11,13H2,1H3,(H,20,23). The van der Waals surface area contributed by atoms with Crippen LogP contribution in [0.3, 0.4) is 0 Å². The number of likely N-dealkylation sites (N-methyl/N-ethyl adjacent to an activating group) is 1. The van der Waals surface area contributed by atoms with E-state index in [0.29, 0.717) is 30.9 Å². The van der Waals surface area contributed by atoms with Crippen molar-refractivity contribution in [3.05, 3.63) is 29.6 Å². The first kappa shape index (κ1) is 17.8. The highest BCUT2D eigenvalue weighted by atomic mass is 16.5. The summed E-state index contributed by atoms with van der Waals surface area (Å²) in [6.45, 7) is 7.54. The molecule has 2 aliphatic heterocycles. The van der Waals surface area contributed by atoms with Crippen LogP contribution in [0.15, 0.2) is 18.3 Å². The molecule has 136 valence electrons. The predicted octanol–water partition coefficient (Wildman–Crippen LogP) is 0.768. The minimum atomic E-state index is -0.192. The Labute approximate surface area is 148 Å². The van der Waals surface area contributed by atoms with Gasteiger partial charge in [0.1, 0.15) is 5.69 Å². The summed E-state index contributed by atoms with van der Waals surface area (Å²) in [4.78, 5) is 33.2. The number of carbonyl (C=O) groups excluding carboxylic acids is 2. The van der Waals surface area contributed by atoms with Crippen molar-refractivity contribution in [2.45, 2.75) is 25.9 Å². The molecule has 0 aliphatic carbocycles. The number of nitrogens with zero attached hydrogens (tertiary/aromatic N) is 3. The number of nitrogens with one attached hydrogen (secondary N) is 1. The number of rotatable bonds is 5. The van der Waals surface area contributed by atoms with Crippen LogP contribution in [-0.4, -0.2) is 78.6 Å². The van der Waals surface area contributed by atoms with Crippen molar-refractivity contribution in [3.8, 4) is 0 Å². The van der Waals surface area contributed by atoms with E-state index in [-0.39, 0.29) is 17.9 Å². The summed E-state index contributed by atoms with van der Waals surface area (Å²) < 4.78 is 5.51. The number of aromatic nitrogens is 1. The van der Waals surface area contributed by atoms with Crippen molar-refractivity contribution in [2.75, 3.05) is 45.9 Å². The molecular formula is C18H26N4O3. The molecule has 2 saturated heterocycles. The van der Waals surface area contributed by atoms with Gasteiger partial charge in [-0.1, -0.05) is 6.92 Å².